The average molecular weight is 420 g/mol. The van der Waals surface area contributed by atoms with Crippen LogP contribution < -0.4 is 5.56 Å². The van der Waals surface area contributed by atoms with Crippen LogP contribution in [0.5, 0.6) is 0 Å². The molecule has 0 spiro atoms. The predicted molar refractivity (Wildman–Crippen MR) is 116 cm³/mol. The van der Waals surface area contributed by atoms with Crippen LogP contribution in [0.4, 0.5) is 0 Å². The standard InChI is InChI=1S/C21H29N3O2S2/c1-4-24-20(26)18-15-8-7-13(2)10-16(15)28-19(18)22-21(24)27-12-17(25)23-9-5-6-14(3)11-23/h13-14H,4-12H2,1-3H3. The molecule has 5 nitrogen and oxygen atoms in total. The molecule has 0 saturated carbocycles. The second kappa shape index (κ2) is 8.19. The molecule has 28 heavy (non-hydrogen) atoms. The van der Waals surface area contributed by atoms with Crippen molar-refractivity contribution in [2.75, 3.05) is 18.8 Å². The van der Waals surface area contributed by atoms with E-state index in [2.05, 4.69) is 13.8 Å². The molecule has 0 bridgehead atoms. The zero-order valence-corrected chi connectivity index (χ0v) is 18.6. The van der Waals surface area contributed by atoms with Crippen molar-refractivity contribution in [3.63, 3.8) is 0 Å². The number of thiophene rings is 1. The first-order chi connectivity index (χ1) is 13.5. The zero-order chi connectivity index (χ0) is 19.8. The van der Waals surface area contributed by atoms with E-state index in [1.807, 2.05) is 11.8 Å². The molecule has 0 aromatic carbocycles. The number of hydrogen-bond donors (Lipinski definition) is 0. The summed E-state index contributed by atoms with van der Waals surface area (Å²) < 4.78 is 1.75. The molecule has 1 fully saturated rings. The Labute approximate surface area is 174 Å². The summed E-state index contributed by atoms with van der Waals surface area (Å²) >= 11 is 3.10. The van der Waals surface area contributed by atoms with Crippen LogP contribution in [0.1, 0.15) is 50.5 Å². The molecule has 7 heteroatoms. The number of amides is 1. The largest absolute Gasteiger partial charge is 0.342 e. The molecule has 2 unspecified atom stereocenters. The lowest BCUT2D eigenvalue weighted by atomic mass is 9.89. The molecule has 152 valence electrons. The van der Waals surface area contributed by atoms with E-state index in [0.29, 0.717) is 29.3 Å². The minimum absolute atomic E-state index is 0.0705. The van der Waals surface area contributed by atoms with Gasteiger partial charge in [0.05, 0.1) is 11.1 Å². The van der Waals surface area contributed by atoms with E-state index in [4.69, 9.17) is 4.98 Å². The summed E-state index contributed by atoms with van der Waals surface area (Å²) in [5, 5.41) is 1.51. The molecule has 1 aliphatic carbocycles. The zero-order valence-electron chi connectivity index (χ0n) is 17.0. The molecule has 2 aromatic heterocycles. The first-order valence-corrected chi connectivity index (χ1v) is 12.2. The third kappa shape index (κ3) is 3.75. The van der Waals surface area contributed by atoms with E-state index in [9.17, 15) is 9.59 Å². The molecule has 2 aromatic rings. The van der Waals surface area contributed by atoms with Gasteiger partial charge in [0.15, 0.2) is 5.16 Å². The van der Waals surface area contributed by atoms with E-state index < -0.39 is 0 Å². The van der Waals surface area contributed by atoms with Gasteiger partial charge in [-0.3, -0.25) is 14.2 Å². The third-order valence-corrected chi connectivity index (χ3v) is 8.14. The van der Waals surface area contributed by atoms with Crippen molar-refractivity contribution in [3.05, 3.63) is 20.8 Å². The highest BCUT2D eigenvalue weighted by Crippen LogP contribution is 2.36. The SMILES string of the molecule is CCn1c(SCC(=O)N2CCCC(C)C2)nc2sc3c(c2c1=O)CCC(C)C3. The summed E-state index contributed by atoms with van der Waals surface area (Å²) in [6, 6.07) is 0. The Morgan fingerprint density at radius 1 is 1.29 bits per heavy atom. The fourth-order valence-electron chi connectivity index (χ4n) is 4.43. The maximum absolute atomic E-state index is 13.2. The number of thioether (sulfide) groups is 1. The van der Waals surface area contributed by atoms with Crippen molar-refractivity contribution in [3.8, 4) is 0 Å². The minimum Gasteiger partial charge on any atom is -0.342 e. The van der Waals surface area contributed by atoms with E-state index in [-0.39, 0.29) is 11.5 Å². The molecule has 4 rings (SSSR count). The van der Waals surface area contributed by atoms with Crippen LogP contribution in [0.2, 0.25) is 0 Å². The first kappa shape index (κ1) is 20.0. The van der Waals surface area contributed by atoms with Gasteiger partial charge in [0.1, 0.15) is 4.83 Å². The van der Waals surface area contributed by atoms with Gasteiger partial charge in [-0.05, 0) is 56.4 Å². The quantitative estimate of drug-likeness (QED) is 0.556. The minimum atomic E-state index is 0.0705. The van der Waals surface area contributed by atoms with Gasteiger partial charge in [0, 0.05) is 24.5 Å². The van der Waals surface area contributed by atoms with Crippen LogP contribution in [0, 0.1) is 11.8 Å². The lowest BCUT2D eigenvalue weighted by Gasteiger charge is -2.30. The summed E-state index contributed by atoms with van der Waals surface area (Å²) in [4.78, 5) is 34.9. The van der Waals surface area contributed by atoms with Crippen molar-refractivity contribution < 1.29 is 4.79 Å². The number of piperidine rings is 1. The predicted octanol–water partition coefficient (Wildman–Crippen LogP) is 3.95. The van der Waals surface area contributed by atoms with Crippen molar-refractivity contribution in [1.82, 2.24) is 14.5 Å². The Morgan fingerprint density at radius 2 is 2.11 bits per heavy atom. The summed E-state index contributed by atoms with van der Waals surface area (Å²) in [7, 11) is 0. The highest BCUT2D eigenvalue weighted by molar-refractivity contribution is 7.99. The molecule has 1 amide bonds. The van der Waals surface area contributed by atoms with Gasteiger partial charge in [-0.2, -0.15) is 0 Å². The molecule has 1 aliphatic heterocycles. The number of aryl methyl sites for hydroxylation is 1. The number of carbonyl (C=O) groups is 1. The van der Waals surface area contributed by atoms with Gasteiger partial charge >= 0.3 is 0 Å². The van der Waals surface area contributed by atoms with Crippen LogP contribution in [0.15, 0.2) is 9.95 Å². The van der Waals surface area contributed by atoms with Crippen molar-refractivity contribution in [2.45, 2.75) is 64.6 Å². The third-order valence-electron chi connectivity index (χ3n) is 6.03. The highest BCUT2D eigenvalue weighted by atomic mass is 32.2. The second-order valence-electron chi connectivity index (χ2n) is 8.35. The number of hydrogen-bond acceptors (Lipinski definition) is 5. The number of carbonyl (C=O) groups excluding carboxylic acids is 1. The van der Waals surface area contributed by atoms with Crippen LogP contribution in [-0.2, 0) is 24.2 Å². The monoisotopic (exact) mass is 419 g/mol. The van der Waals surface area contributed by atoms with Crippen LogP contribution in [0.3, 0.4) is 0 Å². The van der Waals surface area contributed by atoms with Crippen LogP contribution in [0.25, 0.3) is 10.2 Å². The number of rotatable bonds is 4. The van der Waals surface area contributed by atoms with E-state index in [0.717, 1.165) is 49.0 Å². The highest BCUT2D eigenvalue weighted by Gasteiger charge is 2.25. The van der Waals surface area contributed by atoms with Crippen LogP contribution in [-0.4, -0.2) is 39.2 Å². The maximum Gasteiger partial charge on any atom is 0.263 e. The maximum atomic E-state index is 13.2. The first-order valence-electron chi connectivity index (χ1n) is 10.4. The Morgan fingerprint density at radius 3 is 2.86 bits per heavy atom. The lowest BCUT2D eigenvalue weighted by Crippen LogP contribution is -2.40. The van der Waals surface area contributed by atoms with Crippen molar-refractivity contribution in [2.24, 2.45) is 11.8 Å². The van der Waals surface area contributed by atoms with Gasteiger partial charge in [-0.15, -0.1) is 11.3 Å². The van der Waals surface area contributed by atoms with Crippen molar-refractivity contribution >= 4 is 39.2 Å². The Hall–Kier alpha value is -1.34. The summed E-state index contributed by atoms with van der Waals surface area (Å²) in [5.41, 5.74) is 1.30. The molecule has 1 saturated heterocycles. The number of fused-ring (bicyclic) bond motifs is 3. The molecule has 0 N–H and O–H groups in total. The Balaban J connectivity index is 1.60. The molecule has 0 radical (unpaired) electrons. The molecule has 2 aliphatic rings. The van der Waals surface area contributed by atoms with Gasteiger partial charge in [0.2, 0.25) is 5.91 Å². The average Bonchev–Trinajstić information content (AvgIpc) is 3.03. The number of likely N-dealkylation sites (tertiary alicyclic amines) is 1. The Kier molecular flexibility index (Phi) is 5.83. The number of nitrogens with zero attached hydrogens (tertiary/aromatic N) is 3. The van der Waals surface area contributed by atoms with Gasteiger partial charge < -0.3 is 4.90 Å². The summed E-state index contributed by atoms with van der Waals surface area (Å²) in [6.45, 7) is 8.75. The molecule has 2 atom stereocenters. The Bertz CT molecular complexity index is 949. The normalized spacial score (nSPS) is 22.5. The smallest absolute Gasteiger partial charge is 0.263 e. The molecule has 3 heterocycles. The van der Waals surface area contributed by atoms with Crippen molar-refractivity contribution in [1.29, 1.82) is 0 Å². The van der Waals surface area contributed by atoms with Gasteiger partial charge in [0.25, 0.3) is 5.56 Å². The van der Waals surface area contributed by atoms with Crippen LogP contribution >= 0.6 is 23.1 Å². The summed E-state index contributed by atoms with van der Waals surface area (Å²) in [5.74, 6) is 1.76. The van der Waals surface area contributed by atoms with E-state index in [1.165, 1.54) is 28.6 Å². The second-order valence-corrected chi connectivity index (χ2v) is 10.4. The number of aromatic nitrogens is 2. The molecular weight excluding hydrogens is 390 g/mol. The van der Waals surface area contributed by atoms with Gasteiger partial charge in [-0.1, -0.05) is 25.6 Å². The lowest BCUT2D eigenvalue weighted by molar-refractivity contribution is -0.130. The molecular formula is C21H29N3O2S2. The van der Waals surface area contributed by atoms with Gasteiger partial charge in [-0.25, -0.2) is 4.98 Å². The summed E-state index contributed by atoms with van der Waals surface area (Å²) in [6.07, 6.45) is 5.46. The fourth-order valence-corrected chi connectivity index (χ4v) is 6.82. The van der Waals surface area contributed by atoms with E-state index in [1.54, 1.807) is 15.9 Å². The fraction of sp³-hybridized carbons (Fsp3) is 0.667. The van der Waals surface area contributed by atoms with E-state index >= 15 is 0 Å². The topological polar surface area (TPSA) is 55.2 Å².